The zero-order chi connectivity index (χ0) is 17.5. The van der Waals surface area contributed by atoms with Crippen LogP contribution < -0.4 is 4.90 Å². The molecule has 3 aromatic heterocycles. The second-order valence-electron chi connectivity index (χ2n) is 6.36. The molecule has 0 radical (unpaired) electrons. The van der Waals surface area contributed by atoms with Crippen LogP contribution in [0.4, 0.5) is 5.82 Å². The largest absolute Gasteiger partial charge is 0.347 e. The van der Waals surface area contributed by atoms with E-state index < -0.39 is 0 Å². The molecule has 0 N–H and O–H groups in total. The summed E-state index contributed by atoms with van der Waals surface area (Å²) in [6.07, 6.45) is 2.69. The maximum Gasteiger partial charge on any atom is 0.164 e. The molecule has 0 fully saturated rings. The molecule has 26 heavy (non-hydrogen) atoms. The quantitative estimate of drug-likeness (QED) is 0.558. The fourth-order valence-corrected chi connectivity index (χ4v) is 4.39. The predicted octanol–water partition coefficient (Wildman–Crippen LogP) is 3.53. The van der Waals surface area contributed by atoms with Gasteiger partial charge in [0.05, 0.1) is 11.9 Å². The predicted molar refractivity (Wildman–Crippen MR) is 103 cm³/mol. The second kappa shape index (κ2) is 6.17. The van der Waals surface area contributed by atoms with E-state index in [-0.39, 0.29) is 0 Å². The van der Waals surface area contributed by atoms with Gasteiger partial charge < -0.3 is 9.47 Å². The Morgan fingerprint density at radius 3 is 2.81 bits per heavy atom. The molecule has 0 amide bonds. The minimum Gasteiger partial charge on any atom is -0.347 e. The molecule has 4 aromatic rings. The van der Waals surface area contributed by atoms with Gasteiger partial charge in [0.1, 0.15) is 17.0 Å². The number of hydrogen-bond donors (Lipinski definition) is 0. The first-order chi connectivity index (χ1) is 12.8. The van der Waals surface area contributed by atoms with Gasteiger partial charge in [0.2, 0.25) is 0 Å². The molecule has 5 rings (SSSR count). The van der Waals surface area contributed by atoms with Gasteiger partial charge in [-0.05, 0) is 12.5 Å². The molecule has 0 spiro atoms. The third-order valence-corrected chi connectivity index (χ3v) is 5.98. The van der Waals surface area contributed by atoms with Gasteiger partial charge in [-0.2, -0.15) is 0 Å². The number of hydrogen-bond acceptors (Lipinski definition) is 6. The Hall–Kier alpha value is -2.80. The highest BCUT2D eigenvalue weighted by molar-refractivity contribution is 7.18. The van der Waals surface area contributed by atoms with Gasteiger partial charge in [-0.3, -0.25) is 0 Å². The van der Waals surface area contributed by atoms with Gasteiger partial charge in [0.25, 0.3) is 0 Å². The first-order valence-electron chi connectivity index (χ1n) is 8.79. The highest BCUT2D eigenvalue weighted by atomic mass is 32.1. The molecule has 6 nitrogen and oxygen atoms in total. The number of fused-ring (bicyclic) bond motifs is 2. The zero-order valence-corrected chi connectivity index (χ0v) is 15.3. The summed E-state index contributed by atoms with van der Waals surface area (Å²) in [5.41, 5.74) is 1.11. The average Bonchev–Trinajstić information content (AvgIpc) is 3.31. The monoisotopic (exact) mass is 362 g/mol. The summed E-state index contributed by atoms with van der Waals surface area (Å²) in [6.45, 7) is 4.62. The van der Waals surface area contributed by atoms with Crippen LogP contribution in [0.15, 0.2) is 42.7 Å². The van der Waals surface area contributed by atoms with Crippen molar-refractivity contribution in [1.82, 2.24) is 24.7 Å². The summed E-state index contributed by atoms with van der Waals surface area (Å²) >= 11 is 1.75. The van der Waals surface area contributed by atoms with E-state index in [0.29, 0.717) is 6.54 Å². The number of rotatable bonds is 3. The summed E-state index contributed by atoms with van der Waals surface area (Å²) in [6, 6.07) is 12.5. The highest BCUT2D eigenvalue weighted by Crippen LogP contribution is 2.32. The van der Waals surface area contributed by atoms with Gasteiger partial charge in [-0.1, -0.05) is 37.3 Å². The first kappa shape index (κ1) is 15.5. The minimum atomic E-state index is 0.712. The molecule has 0 aliphatic carbocycles. The molecule has 1 aliphatic heterocycles. The standard InChI is InChI=1S/C19H18N6S/c1-2-14-10-15-18(20-12-21-19(15)26-14)24-8-9-25-16(11-24)22-23-17(25)13-6-4-3-5-7-13/h3-7,10,12H,2,8-9,11H2,1H3. The maximum atomic E-state index is 4.58. The lowest BCUT2D eigenvalue weighted by Crippen LogP contribution is -2.34. The highest BCUT2D eigenvalue weighted by Gasteiger charge is 2.24. The van der Waals surface area contributed by atoms with Crippen LogP contribution in [0, 0.1) is 0 Å². The van der Waals surface area contributed by atoms with Crippen LogP contribution >= 0.6 is 11.3 Å². The zero-order valence-electron chi connectivity index (χ0n) is 14.5. The van der Waals surface area contributed by atoms with Crippen molar-refractivity contribution >= 4 is 27.4 Å². The molecular formula is C19H18N6S. The van der Waals surface area contributed by atoms with Crippen molar-refractivity contribution < 1.29 is 0 Å². The lowest BCUT2D eigenvalue weighted by molar-refractivity contribution is 0.561. The van der Waals surface area contributed by atoms with Crippen molar-refractivity contribution in [2.45, 2.75) is 26.4 Å². The molecule has 0 saturated carbocycles. The molecule has 4 heterocycles. The molecular weight excluding hydrogens is 344 g/mol. The van der Waals surface area contributed by atoms with E-state index in [1.807, 2.05) is 18.2 Å². The van der Waals surface area contributed by atoms with Crippen LogP contribution in [0.2, 0.25) is 0 Å². The van der Waals surface area contributed by atoms with Crippen molar-refractivity contribution in [2.75, 3.05) is 11.4 Å². The van der Waals surface area contributed by atoms with Gasteiger partial charge in [-0.15, -0.1) is 21.5 Å². The van der Waals surface area contributed by atoms with E-state index in [1.54, 1.807) is 17.7 Å². The summed E-state index contributed by atoms with van der Waals surface area (Å²) in [4.78, 5) is 13.7. The van der Waals surface area contributed by atoms with E-state index in [1.165, 1.54) is 4.88 Å². The smallest absolute Gasteiger partial charge is 0.164 e. The topological polar surface area (TPSA) is 59.7 Å². The third-order valence-electron chi connectivity index (χ3n) is 4.79. The van der Waals surface area contributed by atoms with E-state index in [2.05, 4.69) is 54.8 Å². The molecule has 1 aliphatic rings. The van der Waals surface area contributed by atoms with Crippen LogP contribution in [0.25, 0.3) is 21.6 Å². The molecule has 1 aromatic carbocycles. The first-order valence-corrected chi connectivity index (χ1v) is 9.61. The van der Waals surface area contributed by atoms with Crippen LogP contribution in [0.5, 0.6) is 0 Å². The number of aromatic nitrogens is 5. The number of aryl methyl sites for hydroxylation is 1. The second-order valence-corrected chi connectivity index (χ2v) is 7.48. The molecule has 7 heteroatoms. The lowest BCUT2D eigenvalue weighted by Gasteiger charge is -2.29. The van der Waals surface area contributed by atoms with E-state index in [4.69, 9.17) is 0 Å². The van der Waals surface area contributed by atoms with Crippen molar-refractivity contribution in [3.05, 3.63) is 53.4 Å². The van der Waals surface area contributed by atoms with E-state index in [9.17, 15) is 0 Å². The van der Waals surface area contributed by atoms with Gasteiger partial charge in [-0.25, -0.2) is 9.97 Å². The summed E-state index contributed by atoms with van der Waals surface area (Å²) < 4.78 is 2.22. The number of nitrogens with zero attached hydrogens (tertiary/aromatic N) is 6. The summed E-state index contributed by atoms with van der Waals surface area (Å²) in [7, 11) is 0. The SMILES string of the molecule is CCc1cc2c(N3CCn4c(nnc4-c4ccccc4)C3)ncnc2s1. The fraction of sp³-hybridized carbons (Fsp3) is 0.263. The van der Waals surface area contributed by atoms with Crippen LogP contribution in [-0.2, 0) is 19.5 Å². The number of thiophene rings is 1. The Balaban J connectivity index is 1.50. The van der Waals surface area contributed by atoms with Crippen molar-refractivity contribution in [3.63, 3.8) is 0 Å². The van der Waals surface area contributed by atoms with Crippen molar-refractivity contribution in [2.24, 2.45) is 0 Å². The van der Waals surface area contributed by atoms with E-state index in [0.717, 1.165) is 52.8 Å². The molecule has 0 bridgehead atoms. The third kappa shape index (κ3) is 2.47. The van der Waals surface area contributed by atoms with Gasteiger partial charge in [0.15, 0.2) is 11.6 Å². The molecule has 0 atom stereocenters. The number of benzene rings is 1. The Morgan fingerprint density at radius 1 is 1.08 bits per heavy atom. The van der Waals surface area contributed by atoms with E-state index >= 15 is 0 Å². The fourth-order valence-electron chi connectivity index (χ4n) is 3.46. The van der Waals surface area contributed by atoms with Crippen molar-refractivity contribution in [1.29, 1.82) is 0 Å². The Kier molecular flexibility index (Phi) is 3.67. The van der Waals surface area contributed by atoms with Crippen LogP contribution in [0.1, 0.15) is 17.6 Å². The molecule has 0 saturated heterocycles. The average molecular weight is 362 g/mol. The van der Waals surface area contributed by atoms with Crippen LogP contribution in [-0.4, -0.2) is 31.3 Å². The lowest BCUT2D eigenvalue weighted by atomic mass is 10.2. The van der Waals surface area contributed by atoms with Gasteiger partial charge in [0, 0.05) is 23.5 Å². The Labute approximate surface area is 155 Å². The van der Waals surface area contributed by atoms with Crippen LogP contribution in [0.3, 0.4) is 0 Å². The van der Waals surface area contributed by atoms with Crippen molar-refractivity contribution in [3.8, 4) is 11.4 Å². The maximum absolute atomic E-state index is 4.58. The summed E-state index contributed by atoms with van der Waals surface area (Å²) in [5, 5.41) is 10.0. The number of anilines is 1. The molecule has 130 valence electrons. The minimum absolute atomic E-state index is 0.712. The van der Waals surface area contributed by atoms with Gasteiger partial charge >= 0.3 is 0 Å². The Morgan fingerprint density at radius 2 is 1.96 bits per heavy atom. The normalized spacial score (nSPS) is 14.0. The molecule has 0 unspecified atom stereocenters. The summed E-state index contributed by atoms with van der Waals surface area (Å²) in [5.74, 6) is 2.92. The Bertz CT molecular complexity index is 1070.